The standard InChI is InChI=1S/C8H11N2OS/c9-8(11)10-5-12-7-4-2-1-3-6(7)10/h5H,1-4H2,(H2,9,11). The van der Waals surface area contributed by atoms with Gasteiger partial charge >= 0.3 is 6.03 Å². The number of nitrogens with zero attached hydrogens (tertiary/aromatic N) is 1. The SMILES string of the molecule is NC(=O)N1[CH]SC2=C1CCCC2. The summed E-state index contributed by atoms with van der Waals surface area (Å²) in [5.74, 6) is 1.82. The van der Waals surface area contributed by atoms with Crippen molar-refractivity contribution < 1.29 is 4.79 Å². The molecule has 4 heteroatoms. The summed E-state index contributed by atoms with van der Waals surface area (Å²) in [7, 11) is 0. The topological polar surface area (TPSA) is 46.3 Å². The molecule has 0 saturated carbocycles. The lowest BCUT2D eigenvalue weighted by Gasteiger charge is -2.19. The van der Waals surface area contributed by atoms with Crippen LogP contribution in [0, 0.1) is 5.88 Å². The van der Waals surface area contributed by atoms with Gasteiger partial charge in [-0.25, -0.2) is 4.79 Å². The van der Waals surface area contributed by atoms with Crippen molar-refractivity contribution in [1.29, 1.82) is 0 Å². The molecule has 2 aliphatic rings. The number of primary amides is 1. The molecule has 0 aromatic rings. The molecule has 1 radical (unpaired) electrons. The predicted molar refractivity (Wildman–Crippen MR) is 48.8 cm³/mol. The summed E-state index contributed by atoms with van der Waals surface area (Å²) in [6.07, 6.45) is 4.53. The lowest BCUT2D eigenvalue weighted by atomic mass is 10.0. The van der Waals surface area contributed by atoms with Gasteiger partial charge in [-0.1, -0.05) is 0 Å². The van der Waals surface area contributed by atoms with Gasteiger partial charge in [-0.3, -0.25) is 4.90 Å². The maximum Gasteiger partial charge on any atom is 0.320 e. The fourth-order valence-corrected chi connectivity index (χ4v) is 2.67. The Balaban J connectivity index is 2.21. The van der Waals surface area contributed by atoms with Crippen LogP contribution >= 0.6 is 11.8 Å². The molecule has 0 bridgehead atoms. The third-order valence-electron chi connectivity index (χ3n) is 2.22. The monoisotopic (exact) mass is 183 g/mol. The van der Waals surface area contributed by atoms with Crippen molar-refractivity contribution in [3.8, 4) is 0 Å². The van der Waals surface area contributed by atoms with Gasteiger partial charge in [0.1, 0.15) is 5.88 Å². The van der Waals surface area contributed by atoms with E-state index in [0.29, 0.717) is 0 Å². The Bertz CT molecular complexity index is 249. The number of carbonyl (C=O) groups excluding carboxylic acids is 1. The van der Waals surface area contributed by atoms with Crippen molar-refractivity contribution in [1.82, 2.24) is 4.90 Å². The largest absolute Gasteiger partial charge is 0.351 e. The summed E-state index contributed by atoms with van der Waals surface area (Å²) < 4.78 is 0. The number of carbonyl (C=O) groups is 1. The minimum Gasteiger partial charge on any atom is -0.351 e. The van der Waals surface area contributed by atoms with Gasteiger partial charge in [0.15, 0.2) is 0 Å². The molecule has 0 fully saturated rings. The second kappa shape index (κ2) is 3.01. The summed E-state index contributed by atoms with van der Waals surface area (Å²) in [6.45, 7) is 0. The summed E-state index contributed by atoms with van der Waals surface area (Å²) in [4.78, 5) is 13.8. The molecule has 0 aromatic carbocycles. The highest BCUT2D eigenvalue weighted by atomic mass is 32.2. The van der Waals surface area contributed by atoms with E-state index < -0.39 is 0 Å². The fraction of sp³-hybridized carbons (Fsp3) is 0.500. The Hall–Kier alpha value is -0.640. The number of thioether (sulfide) groups is 1. The van der Waals surface area contributed by atoms with Gasteiger partial charge in [0, 0.05) is 10.6 Å². The van der Waals surface area contributed by atoms with Crippen LogP contribution in [0.2, 0.25) is 0 Å². The number of hydrogen-bond acceptors (Lipinski definition) is 2. The zero-order valence-corrected chi connectivity index (χ0v) is 7.56. The molecule has 1 aliphatic carbocycles. The first-order valence-electron chi connectivity index (χ1n) is 4.10. The maximum atomic E-state index is 10.9. The highest BCUT2D eigenvalue weighted by Gasteiger charge is 2.28. The Morgan fingerprint density at radius 1 is 1.50 bits per heavy atom. The minimum absolute atomic E-state index is 0.352. The highest BCUT2D eigenvalue weighted by molar-refractivity contribution is 8.05. The van der Waals surface area contributed by atoms with Crippen LogP contribution in [0.1, 0.15) is 25.7 Å². The van der Waals surface area contributed by atoms with E-state index in [4.69, 9.17) is 5.73 Å². The Kier molecular flexibility index (Phi) is 2.00. The molecule has 12 heavy (non-hydrogen) atoms. The molecule has 0 unspecified atom stereocenters. The van der Waals surface area contributed by atoms with Crippen LogP contribution in [0.3, 0.4) is 0 Å². The predicted octanol–water partition coefficient (Wildman–Crippen LogP) is 2.02. The van der Waals surface area contributed by atoms with Crippen LogP contribution in [0.25, 0.3) is 0 Å². The third kappa shape index (κ3) is 1.20. The lowest BCUT2D eigenvalue weighted by molar-refractivity contribution is 0.230. The number of urea groups is 1. The molecular weight excluding hydrogens is 172 g/mol. The van der Waals surface area contributed by atoms with Gasteiger partial charge in [0.25, 0.3) is 0 Å². The number of hydrogen-bond donors (Lipinski definition) is 1. The first kappa shape index (κ1) is 7.98. The van der Waals surface area contributed by atoms with Crippen LogP contribution in [0.15, 0.2) is 10.6 Å². The molecule has 65 valence electrons. The minimum atomic E-state index is -0.352. The summed E-state index contributed by atoms with van der Waals surface area (Å²) in [5.41, 5.74) is 6.35. The van der Waals surface area contributed by atoms with E-state index in [1.807, 2.05) is 5.88 Å². The van der Waals surface area contributed by atoms with Crippen LogP contribution in [-0.4, -0.2) is 10.9 Å². The van der Waals surface area contributed by atoms with Gasteiger partial charge in [-0.2, -0.15) is 0 Å². The van der Waals surface area contributed by atoms with Gasteiger partial charge in [0.05, 0.1) is 0 Å². The van der Waals surface area contributed by atoms with E-state index >= 15 is 0 Å². The van der Waals surface area contributed by atoms with E-state index in [1.165, 1.54) is 17.7 Å². The maximum absolute atomic E-state index is 10.9. The van der Waals surface area contributed by atoms with Crippen molar-refractivity contribution in [2.75, 3.05) is 0 Å². The Labute approximate surface area is 76.0 Å². The Morgan fingerprint density at radius 2 is 2.25 bits per heavy atom. The van der Waals surface area contributed by atoms with E-state index in [2.05, 4.69) is 0 Å². The first-order chi connectivity index (χ1) is 5.79. The quantitative estimate of drug-likeness (QED) is 0.624. The van der Waals surface area contributed by atoms with Crippen molar-refractivity contribution in [2.24, 2.45) is 5.73 Å². The Morgan fingerprint density at radius 3 is 3.00 bits per heavy atom. The normalized spacial score (nSPS) is 22.8. The van der Waals surface area contributed by atoms with E-state index in [9.17, 15) is 4.79 Å². The lowest BCUT2D eigenvalue weighted by Crippen LogP contribution is -2.30. The molecular formula is C8H11N2OS. The van der Waals surface area contributed by atoms with Crippen molar-refractivity contribution in [3.63, 3.8) is 0 Å². The molecule has 0 aromatic heterocycles. The number of rotatable bonds is 0. The van der Waals surface area contributed by atoms with Crippen LogP contribution < -0.4 is 5.73 Å². The van der Waals surface area contributed by atoms with Crippen LogP contribution in [0.5, 0.6) is 0 Å². The van der Waals surface area contributed by atoms with Crippen molar-refractivity contribution in [3.05, 3.63) is 16.5 Å². The highest BCUT2D eigenvalue weighted by Crippen LogP contribution is 2.43. The molecule has 1 aliphatic heterocycles. The summed E-state index contributed by atoms with van der Waals surface area (Å²) in [5, 5.41) is 0. The number of nitrogens with two attached hydrogens (primary N) is 1. The van der Waals surface area contributed by atoms with Gasteiger partial charge in [-0.05, 0) is 25.7 Å². The van der Waals surface area contributed by atoms with E-state index in [-0.39, 0.29) is 6.03 Å². The summed E-state index contributed by atoms with van der Waals surface area (Å²) in [6, 6.07) is -0.352. The molecule has 1 heterocycles. The molecule has 2 N–H and O–H groups in total. The van der Waals surface area contributed by atoms with E-state index in [1.54, 1.807) is 16.7 Å². The van der Waals surface area contributed by atoms with Gasteiger partial charge in [-0.15, -0.1) is 11.8 Å². The van der Waals surface area contributed by atoms with Crippen molar-refractivity contribution >= 4 is 17.8 Å². The van der Waals surface area contributed by atoms with Crippen molar-refractivity contribution in [2.45, 2.75) is 25.7 Å². The molecule has 0 spiro atoms. The zero-order chi connectivity index (χ0) is 8.55. The van der Waals surface area contributed by atoms with Gasteiger partial charge < -0.3 is 5.73 Å². The molecule has 0 atom stereocenters. The molecule has 2 amide bonds. The second-order valence-electron chi connectivity index (χ2n) is 3.01. The summed E-state index contributed by atoms with van der Waals surface area (Å²) >= 11 is 1.64. The zero-order valence-electron chi connectivity index (χ0n) is 6.75. The van der Waals surface area contributed by atoms with E-state index in [0.717, 1.165) is 18.5 Å². The fourth-order valence-electron chi connectivity index (χ4n) is 1.61. The number of amides is 2. The van der Waals surface area contributed by atoms with Crippen LogP contribution in [-0.2, 0) is 0 Å². The third-order valence-corrected chi connectivity index (χ3v) is 3.26. The average molecular weight is 183 g/mol. The smallest absolute Gasteiger partial charge is 0.320 e. The molecule has 0 saturated heterocycles. The average Bonchev–Trinajstić information content (AvgIpc) is 2.47. The second-order valence-corrected chi connectivity index (χ2v) is 3.95. The molecule has 3 nitrogen and oxygen atoms in total. The van der Waals surface area contributed by atoms with Crippen LogP contribution in [0.4, 0.5) is 4.79 Å². The van der Waals surface area contributed by atoms with Gasteiger partial charge in [0.2, 0.25) is 0 Å². The first-order valence-corrected chi connectivity index (χ1v) is 4.97. The number of allylic oxidation sites excluding steroid dienone is 2. The molecule has 2 rings (SSSR count).